The van der Waals surface area contributed by atoms with Crippen molar-refractivity contribution in [2.75, 3.05) is 5.75 Å². The average Bonchev–Trinajstić information content (AvgIpc) is 2.92. The molecule has 6 nitrogen and oxygen atoms in total. The molecule has 0 bridgehead atoms. The van der Waals surface area contributed by atoms with E-state index in [1.807, 2.05) is 44.2 Å². The van der Waals surface area contributed by atoms with E-state index in [1.54, 1.807) is 11.5 Å². The predicted octanol–water partition coefficient (Wildman–Crippen LogP) is 1.97. The van der Waals surface area contributed by atoms with Crippen molar-refractivity contribution in [1.29, 1.82) is 0 Å². The molecule has 1 heterocycles. The third-order valence-electron chi connectivity index (χ3n) is 3.58. The number of sulfone groups is 1. The second-order valence-electron chi connectivity index (χ2n) is 6.04. The molecular weight excluding hydrogens is 312 g/mol. The molecule has 0 spiro atoms. The van der Waals surface area contributed by atoms with Crippen LogP contribution in [0.5, 0.6) is 0 Å². The fourth-order valence-corrected chi connectivity index (χ4v) is 3.36. The Labute approximate surface area is 137 Å². The minimum absolute atomic E-state index is 0.00283. The van der Waals surface area contributed by atoms with E-state index >= 15 is 0 Å². The Morgan fingerprint density at radius 3 is 2.39 bits per heavy atom. The molecule has 0 unspecified atom stereocenters. The standard InChI is InChI=1S/C16H24N4O2S/c1-4-23(21,22)16-19-18-15(20(16)11-12(2)3)14(17)10-13-8-6-5-7-9-13/h5-9,12,14H,4,10-11,17H2,1-3H3/t14-/m0/s1. The zero-order chi connectivity index (χ0) is 17.0. The molecule has 2 aromatic rings. The van der Waals surface area contributed by atoms with Crippen LogP contribution in [0.1, 0.15) is 38.2 Å². The number of aromatic nitrogens is 3. The second-order valence-corrected chi connectivity index (χ2v) is 8.22. The van der Waals surface area contributed by atoms with Crippen LogP contribution < -0.4 is 5.73 Å². The Kier molecular flexibility index (Phi) is 5.54. The Bertz CT molecular complexity index is 739. The summed E-state index contributed by atoms with van der Waals surface area (Å²) >= 11 is 0. The van der Waals surface area contributed by atoms with Crippen LogP contribution in [0.4, 0.5) is 0 Å². The fraction of sp³-hybridized carbons (Fsp3) is 0.500. The maximum atomic E-state index is 12.2. The minimum Gasteiger partial charge on any atom is -0.321 e. The van der Waals surface area contributed by atoms with Gasteiger partial charge in [0.1, 0.15) is 0 Å². The summed E-state index contributed by atoms with van der Waals surface area (Å²) in [6.45, 7) is 6.18. The Morgan fingerprint density at radius 2 is 1.83 bits per heavy atom. The number of hydrogen-bond donors (Lipinski definition) is 1. The van der Waals surface area contributed by atoms with Gasteiger partial charge in [0.25, 0.3) is 0 Å². The van der Waals surface area contributed by atoms with Crippen LogP contribution >= 0.6 is 0 Å². The van der Waals surface area contributed by atoms with Crippen molar-refractivity contribution in [2.45, 2.75) is 44.9 Å². The number of benzene rings is 1. The largest absolute Gasteiger partial charge is 0.321 e. The fourth-order valence-electron chi connectivity index (χ4n) is 2.43. The van der Waals surface area contributed by atoms with Crippen molar-refractivity contribution in [1.82, 2.24) is 14.8 Å². The summed E-state index contributed by atoms with van der Waals surface area (Å²) in [6, 6.07) is 9.44. The minimum atomic E-state index is -3.43. The summed E-state index contributed by atoms with van der Waals surface area (Å²) in [5.74, 6) is 0.783. The van der Waals surface area contributed by atoms with Crippen LogP contribution in [0.2, 0.25) is 0 Å². The lowest BCUT2D eigenvalue weighted by atomic mass is 10.1. The highest BCUT2D eigenvalue weighted by molar-refractivity contribution is 7.91. The number of rotatable bonds is 7. The molecule has 0 saturated heterocycles. The summed E-state index contributed by atoms with van der Waals surface area (Å²) in [5, 5.41) is 8.03. The van der Waals surface area contributed by atoms with Gasteiger partial charge in [-0.3, -0.25) is 0 Å². The van der Waals surface area contributed by atoms with Crippen molar-refractivity contribution in [3.05, 3.63) is 41.7 Å². The van der Waals surface area contributed by atoms with Crippen LogP contribution in [0.3, 0.4) is 0 Å². The Morgan fingerprint density at radius 1 is 1.17 bits per heavy atom. The van der Waals surface area contributed by atoms with Crippen LogP contribution in [-0.4, -0.2) is 28.9 Å². The average molecular weight is 336 g/mol. The first-order chi connectivity index (χ1) is 10.8. The van der Waals surface area contributed by atoms with Crippen LogP contribution in [0, 0.1) is 5.92 Å². The lowest BCUT2D eigenvalue weighted by Crippen LogP contribution is -2.23. The van der Waals surface area contributed by atoms with E-state index in [2.05, 4.69) is 10.2 Å². The molecule has 0 aliphatic heterocycles. The van der Waals surface area contributed by atoms with Gasteiger partial charge in [-0.15, -0.1) is 10.2 Å². The molecule has 0 aliphatic carbocycles. The Balaban J connectivity index is 2.38. The highest BCUT2D eigenvalue weighted by atomic mass is 32.2. The maximum Gasteiger partial charge on any atom is 0.249 e. The third kappa shape index (κ3) is 4.17. The van der Waals surface area contributed by atoms with E-state index in [-0.39, 0.29) is 16.8 Å². The van der Waals surface area contributed by atoms with Crippen LogP contribution in [0.15, 0.2) is 35.5 Å². The first-order valence-electron chi connectivity index (χ1n) is 7.80. The molecule has 2 rings (SSSR count). The molecule has 7 heteroatoms. The maximum absolute atomic E-state index is 12.2. The lowest BCUT2D eigenvalue weighted by molar-refractivity contribution is 0.456. The summed E-state index contributed by atoms with van der Waals surface area (Å²) in [4.78, 5) is 0. The molecule has 2 N–H and O–H groups in total. The monoisotopic (exact) mass is 336 g/mol. The predicted molar refractivity (Wildman–Crippen MR) is 89.7 cm³/mol. The van der Waals surface area contributed by atoms with E-state index in [9.17, 15) is 8.42 Å². The SMILES string of the molecule is CCS(=O)(=O)c1nnc([C@@H](N)Cc2ccccc2)n1CC(C)C. The molecule has 0 saturated carbocycles. The number of nitrogens with two attached hydrogens (primary N) is 1. The zero-order valence-corrected chi connectivity index (χ0v) is 14.6. The molecule has 0 fully saturated rings. The van der Waals surface area contributed by atoms with Gasteiger partial charge in [-0.05, 0) is 17.9 Å². The summed E-state index contributed by atoms with van der Waals surface area (Å²) in [5.41, 5.74) is 7.37. The van der Waals surface area contributed by atoms with Gasteiger partial charge < -0.3 is 10.3 Å². The molecule has 0 amide bonds. The second kappa shape index (κ2) is 7.23. The van der Waals surface area contributed by atoms with Crippen molar-refractivity contribution in [3.8, 4) is 0 Å². The van der Waals surface area contributed by atoms with Crippen molar-refractivity contribution in [3.63, 3.8) is 0 Å². The van der Waals surface area contributed by atoms with Crippen LogP contribution in [0.25, 0.3) is 0 Å². The molecule has 0 radical (unpaired) electrons. The van der Waals surface area contributed by atoms with Gasteiger partial charge in [0, 0.05) is 6.54 Å². The number of nitrogens with zero attached hydrogens (tertiary/aromatic N) is 3. The van der Waals surface area contributed by atoms with Gasteiger partial charge in [-0.1, -0.05) is 51.1 Å². The van der Waals surface area contributed by atoms with Gasteiger partial charge in [-0.2, -0.15) is 0 Å². The van der Waals surface area contributed by atoms with E-state index in [0.717, 1.165) is 5.56 Å². The molecule has 0 aliphatic rings. The highest BCUT2D eigenvalue weighted by Gasteiger charge is 2.26. The van der Waals surface area contributed by atoms with E-state index < -0.39 is 15.9 Å². The van der Waals surface area contributed by atoms with Gasteiger partial charge in [0.05, 0.1) is 11.8 Å². The first-order valence-corrected chi connectivity index (χ1v) is 9.45. The topological polar surface area (TPSA) is 90.9 Å². The molecule has 1 aromatic heterocycles. The molecule has 126 valence electrons. The van der Waals surface area contributed by atoms with Gasteiger partial charge in [-0.25, -0.2) is 8.42 Å². The molecule has 1 atom stereocenters. The van der Waals surface area contributed by atoms with Crippen molar-refractivity contribution < 1.29 is 8.42 Å². The van der Waals surface area contributed by atoms with Gasteiger partial charge >= 0.3 is 0 Å². The number of hydrogen-bond acceptors (Lipinski definition) is 5. The lowest BCUT2D eigenvalue weighted by Gasteiger charge is -2.16. The highest BCUT2D eigenvalue weighted by Crippen LogP contribution is 2.20. The normalized spacial score (nSPS) is 13.4. The molecular formula is C16H24N4O2S. The Hall–Kier alpha value is -1.73. The summed E-state index contributed by atoms with van der Waals surface area (Å²) in [7, 11) is -3.43. The quantitative estimate of drug-likeness (QED) is 0.835. The molecule has 1 aromatic carbocycles. The van der Waals surface area contributed by atoms with Gasteiger partial charge in [0.15, 0.2) is 5.82 Å². The summed E-state index contributed by atoms with van der Waals surface area (Å²) in [6.07, 6.45) is 0.587. The molecule has 23 heavy (non-hydrogen) atoms. The summed E-state index contributed by atoms with van der Waals surface area (Å²) < 4.78 is 26.1. The van der Waals surface area contributed by atoms with Crippen molar-refractivity contribution >= 4 is 9.84 Å². The van der Waals surface area contributed by atoms with E-state index in [4.69, 9.17) is 5.73 Å². The van der Waals surface area contributed by atoms with Crippen molar-refractivity contribution in [2.24, 2.45) is 11.7 Å². The third-order valence-corrected chi connectivity index (χ3v) is 5.20. The first kappa shape index (κ1) is 17.6. The van der Waals surface area contributed by atoms with Gasteiger partial charge in [0.2, 0.25) is 15.0 Å². The van der Waals surface area contributed by atoms with E-state index in [1.165, 1.54) is 0 Å². The van der Waals surface area contributed by atoms with Crippen LogP contribution in [-0.2, 0) is 22.8 Å². The smallest absolute Gasteiger partial charge is 0.249 e. The van der Waals surface area contributed by atoms with E-state index in [0.29, 0.717) is 18.8 Å². The zero-order valence-electron chi connectivity index (χ0n) is 13.8.